The summed E-state index contributed by atoms with van der Waals surface area (Å²) in [4.78, 5) is 26.1. The first kappa shape index (κ1) is 21.1. The molecule has 1 aliphatic heterocycles. The summed E-state index contributed by atoms with van der Waals surface area (Å²) in [6.45, 7) is 5.33. The molecule has 3 rings (SSSR count). The summed E-state index contributed by atoms with van der Waals surface area (Å²) in [7, 11) is 0. The number of aromatic nitrogens is 3. The molecule has 0 bridgehead atoms. The highest BCUT2D eigenvalue weighted by Crippen LogP contribution is 2.22. The van der Waals surface area contributed by atoms with Crippen LogP contribution in [0.25, 0.3) is 0 Å². The molecule has 2 heterocycles. The van der Waals surface area contributed by atoms with Crippen LogP contribution in [0.15, 0.2) is 29.4 Å². The summed E-state index contributed by atoms with van der Waals surface area (Å²) in [6.07, 6.45) is 0. The van der Waals surface area contributed by atoms with Crippen molar-refractivity contribution in [3.63, 3.8) is 0 Å². The lowest BCUT2D eigenvalue weighted by atomic mass is 10.3. The van der Waals surface area contributed by atoms with Crippen LogP contribution in [0.2, 0.25) is 0 Å². The first-order chi connectivity index (χ1) is 14.1. The Bertz CT molecular complexity index is 839. The molecule has 2 aromatic rings. The Morgan fingerprint density at radius 1 is 1.17 bits per heavy atom. The summed E-state index contributed by atoms with van der Waals surface area (Å²) in [6, 6.07) is 5.41. The second kappa shape index (κ2) is 10.2. The van der Waals surface area contributed by atoms with Gasteiger partial charge in [-0.25, -0.2) is 4.39 Å². The maximum absolute atomic E-state index is 12.9. The predicted octanol–water partition coefficient (Wildman–Crippen LogP) is 1.12. The van der Waals surface area contributed by atoms with E-state index in [9.17, 15) is 14.0 Å². The lowest BCUT2D eigenvalue weighted by Gasteiger charge is -2.27. The number of carbonyl (C=O) groups is 2. The number of anilines is 2. The van der Waals surface area contributed by atoms with E-state index < -0.39 is 0 Å². The Kier molecular flexibility index (Phi) is 7.42. The molecule has 0 unspecified atom stereocenters. The Morgan fingerprint density at radius 2 is 1.90 bits per heavy atom. The number of hydrogen-bond donors (Lipinski definition) is 2. The highest BCUT2D eigenvalue weighted by atomic mass is 32.2. The molecule has 1 aromatic carbocycles. The number of carbonyl (C=O) groups excluding carboxylic acids is 2. The number of nitrogens with zero attached hydrogens (tertiary/aromatic N) is 4. The van der Waals surface area contributed by atoms with Gasteiger partial charge in [-0.3, -0.25) is 14.2 Å². The lowest BCUT2D eigenvalue weighted by Crippen LogP contribution is -2.38. The van der Waals surface area contributed by atoms with Crippen LogP contribution in [0.5, 0.6) is 0 Å². The van der Waals surface area contributed by atoms with Gasteiger partial charge >= 0.3 is 0 Å². The SMILES string of the molecule is CCn1c(SCC(=O)NCC(=O)Nc2ccc(F)cc2)nnc1N1CCOCC1. The molecular formula is C18H23FN6O3S. The van der Waals surface area contributed by atoms with Gasteiger partial charge in [-0.1, -0.05) is 11.8 Å². The van der Waals surface area contributed by atoms with Gasteiger partial charge in [0.2, 0.25) is 17.8 Å². The summed E-state index contributed by atoms with van der Waals surface area (Å²) in [5, 5.41) is 14.3. The smallest absolute Gasteiger partial charge is 0.243 e. The van der Waals surface area contributed by atoms with Gasteiger partial charge < -0.3 is 20.3 Å². The zero-order valence-corrected chi connectivity index (χ0v) is 16.9. The average Bonchev–Trinajstić information content (AvgIpc) is 3.16. The predicted molar refractivity (Wildman–Crippen MR) is 107 cm³/mol. The number of ether oxygens (including phenoxy) is 1. The van der Waals surface area contributed by atoms with Crippen LogP contribution in [-0.2, 0) is 20.9 Å². The number of amides is 2. The van der Waals surface area contributed by atoms with E-state index in [1.54, 1.807) is 0 Å². The molecule has 11 heteroatoms. The van der Waals surface area contributed by atoms with E-state index >= 15 is 0 Å². The highest BCUT2D eigenvalue weighted by molar-refractivity contribution is 7.99. The van der Waals surface area contributed by atoms with Crippen molar-refractivity contribution < 1.29 is 18.7 Å². The number of benzene rings is 1. The van der Waals surface area contributed by atoms with Crippen molar-refractivity contribution in [1.82, 2.24) is 20.1 Å². The topological polar surface area (TPSA) is 101 Å². The molecule has 2 amide bonds. The molecule has 156 valence electrons. The molecule has 0 spiro atoms. The molecular weight excluding hydrogens is 399 g/mol. The van der Waals surface area contributed by atoms with E-state index in [4.69, 9.17) is 4.74 Å². The van der Waals surface area contributed by atoms with Crippen molar-refractivity contribution in [2.45, 2.75) is 18.6 Å². The minimum Gasteiger partial charge on any atom is -0.378 e. The number of rotatable bonds is 8. The minimum absolute atomic E-state index is 0.116. The normalized spacial score (nSPS) is 13.9. The Morgan fingerprint density at radius 3 is 2.59 bits per heavy atom. The minimum atomic E-state index is -0.388. The maximum Gasteiger partial charge on any atom is 0.243 e. The summed E-state index contributed by atoms with van der Waals surface area (Å²) < 4.78 is 20.2. The quantitative estimate of drug-likeness (QED) is 0.615. The van der Waals surface area contributed by atoms with Crippen molar-refractivity contribution in [1.29, 1.82) is 0 Å². The summed E-state index contributed by atoms with van der Waals surface area (Å²) in [5.41, 5.74) is 0.465. The molecule has 1 aromatic heterocycles. The van der Waals surface area contributed by atoms with Gasteiger partial charge in [-0.05, 0) is 31.2 Å². The highest BCUT2D eigenvalue weighted by Gasteiger charge is 2.20. The lowest BCUT2D eigenvalue weighted by molar-refractivity contribution is -0.122. The van der Waals surface area contributed by atoms with Crippen LogP contribution >= 0.6 is 11.8 Å². The van der Waals surface area contributed by atoms with Crippen LogP contribution in [-0.4, -0.2) is 65.2 Å². The first-order valence-corrected chi connectivity index (χ1v) is 10.3. The number of nitrogens with one attached hydrogen (secondary N) is 2. The summed E-state index contributed by atoms with van der Waals surface area (Å²) in [5.74, 6) is -0.169. The third-order valence-corrected chi connectivity index (χ3v) is 5.18. The van der Waals surface area contributed by atoms with Crippen LogP contribution in [0.3, 0.4) is 0 Å². The zero-order chi connectivity index (χ0) is 20.6. The maximum atomic E-state index is 12.9. The zero-order valence-electron chi connectivity index (χ0n) is 16.1. The Balaban J connectivity index is 1.46. The van der Waals surface area contributed by atoms with Crippen molar-refractivity contribution in [2.75, 3.05) is 48.8 Å². The second-order valence-electron chi connectivity index (χ2n) is 6.25. The van der Waals surface area contributed by atoms with Crippen molar-refractivity contribution in [3.05, 3.63) is 30.1 Å². The molecule has 1 saturated heterocycles. The number of halogens is 1. The van der Waals surface area contributed by atoms with Crippen molar-refractivity contribution in [2.24, 2.45) is 0 Å². The average molecular weight is 422 g/mol. The fourth-order valence-electron chi connectivity index (χ4n) is 2.76. The van der Waals surface area contributed by atoms with Gasteiger partial charge in [-0.15, -0.1) is 10.2 Å². The van der Waals surface area contributed by atoms with E-state index in [1.165, 1.54) is 36.0 Å². The largest absolute Gasteiger partial charge is 0.378 e. The van der Waals surface area contributed by atoms with E-state index in [2.05, 4.69) is 25.7 Å². The van der Waals surface area contributed by atoms with Crippen molar-refractivity contribution >= 4 is 35.2 Å². The number of hydrogen-bond acceptors (Lipinski definition) is 7. The molecule has 2 N–H and O–H groups in total. The van der Waals surface area contributed by atoms with E-state index in [0.29, 0.717) is 30.6 Å². The summed E-state index contributed by atoms with van der Waals surface area (Å²) >= 11 is 1.27. The molecule has 0 aliphatic carbocycles. The molecule has 9 nitrogen and oxygen atoms in total. The Hall–Kier alpha value is -2.66. The Labute approximate surface area is 172 Å². The van der Waals surface area contributed by atoms with Gasteiger partial charge in [0.05, 0.1) is 25.5 Å². The molecule has 0 radical (unpaired) electrons. The molecule has 1 aliphatic rings. The third-order valence-electron chi connectivity index (χ3n) is 4.21. The van der Waals surface area contributed by atoms with E-state index in [0.717, 1.165) is 19.0 Å². The molecule has 0 atom stereocenters. The van der Waals surface area contributed by atoms with E-state index in [-0.39, 0.29) is 29.9 Å². The molecule has 1 fully saturated rings. The number of thioether (sulfide) groups is 1. The number of morpholine rings is 1. The first-order valence-electron chi connectivity index (χ1n) is 9.27. The van der Waals surface area contributed by atoms with Gasteiger partial charge in [0.1, 0.15) is 5.82 Å². The van der Waals surface area contributed by atoms with Crippen LogP contribution in [0.4, 0.5) is 16.0 Å². The standard InChI is InChI=1S/C18H23FN6O3S/c1-2-25-17(24-7-9-28-10-8-24)22-23-18(25)29-12-16(27)20-11-15(26)21-14-5-3-13(19)4-6-14/h3-6H,2,7-12H2,1H3,(H,20,27)(H,21,26). The molecule has 0 saturated carbocycles. The second-order valence-corrected chi connectivity index (χ2v) is 7.19. The van der Waals surface area contributed by atoms with Gasteiger partial charge in [0.25, 0.3) is 0 Å². The van der Waals surface area contributed by atoms with Gasteiger partial charge in [-0.2, -0.15) is 0 Å². The monoisotopic (exact) mass is 422 g/mol. The van der Waals surface area contributed by atoms with Crippen molar-refractivity contribution in [3.8, 4) is 0 Å². The third kappa shape index (κ3) is 5.91. The van der Waals surface area contributed by atoms with Gasteiger partial charge in [0, 0.05) is 25.3 Å². The van der Waals surface area contributed by atoms with E-state index in [1.807, 2.05) is 11.5 Å². The van der Waals surface area contributed by atoms with Crippen LogP contribution in [0.1, 0.15) is 6.92 Å². The van der Waals surface area contributed by atoms with Gasteiger partial charge in [0.15, 0.2) is 5.16 Å². The molecule has 29 heavy (non-hydrogen) atoms. The fraction of sp³-hybridized carbons (Fsp3) is 0.444. The fourth-order valence-corrected chi connectivity index (χ4v) is 3.59. The van der Waals surface area contributed by atoms with Crippen LogP contribution in [0, 0.1) is 5.82 Å². The van der Waals surface area contributed by atoms with Crippen LogP contribution < -0.4 is 15.5 Å².